The van der Waals surface area contributed by atoms with E-state index in [9.17, 15) is 4.79 Å². The summed E-state index contributed by atoms with van der Waals surface area (Å²) in [6.07, 6.45) is 1.20. The van der Waals surface area contributed by atoms with Crippen LogP contribution in [0.1, 0.15) is 32.6 Å². The lowest BCUT2D eigenvalue weighted by Gasteiger charge is -2.11. The third-order valence-corrected chi connectivity index (χ3v) is 3.71. The second kappa shape index (κ2) is 6.49. The normalized spacial score (nSPS) is 10.6. The van der Waals surface area contributed by atoms with Crippen LogP contribution in [-0.2, 0) is 12.8 Å². The summed E-state index contributed by atoms with van der Waals surface area (Å²) >= 11 is 0. The lowest BCUT2D eigenvalue weighted by molar-refractivity contribution is 0.0991. The Morgan fingerprint density at radius 1 is 1.00 bits per heavy atom. The molecule has 2 N–H and O–H groups in total. The van der Waals surface area contributed by atoms with Crippen LogP contribution >= 0.6 is 0 Å². The molecule has 2 aromatic rings. The van der Waals surface area contributed by atoms with Gasteiger partial charge < -0.3 is 5.73 Å². The number of aryl methyl sites for hydroxylation is 2. The van der Waals surface area contributed by atoms with E-state index in [1.165, 1.54) is 11.1 Å². The maximum absolute atomic E-state index is 12.6. The van der Waals surface area contributed by atoms with Crippen molar-refractivity contribution in [3.05, 3.63) is 70.3 Å². The zero-order valence-electron chi connectivity index (χ0n) is 12.1. The average molecular weight is 267 g/mol. The molecule has 0 spiro atoms. The maximum atomic E-state index is 12.6. The van der Waals surface area contributed by atoms with Crippen molar-refractivity contribution >= 4 is 5.78 Å². The Morgan fingerprint density at radius 3 is 2.30 bits per heavy atom. The summed E-state index contributed by atoms with van der Waals surface area (Å²) in [6, 6.07) is 13.9. The molecule has 2 nitrogen and oxygen atoms in total. The van der Waals surface area contributed by atoms with Crippen molar-refractivity contribution in [3.8, 4) is 0 Å². The van der Waals surface area contributed by atoms with E-state index >= 15 is 0 Å². The van der Waals surface area contributed by atoms with Gasteiger partial charge >= 0.3 is 0 Å². The highest BCUT2D eigenvalue weighted by atomic mass is 16.1. The van der Waals surface area contributed by atoms with Crippen molar-refractivity contribution in [2.45, 2.75) is 26.7 Å². The highest BCUT2D eigenvalue weighted by Crippen LogP contribution is 2.18. The minimum Gasteiger partial charge on any atom is -0.330 e. The Balaban J connectivity index is 2.29. The molecule has 0 atom stereocenters. The summed E-state index contributed by atoms with van der Waals surface area (Å²) in [5, 5.41) is 0. The van der Waals surface area contributed by atoms with Gasteiger partial charge in [-0.25, -0.2) is 0 Å². The Morgan fingerprint density at radius 2 is 1.65 bits per heavy atom. The standard InChI is InChI=1S/C18H21NO/c1-13-6-5-7-14(2)17(13)12-18(20)16-9-4-3-8-15(16)10-11-19/h3-9H,10-12,19H2,1-2H3. The molecule has 104 valence electrons. The molecular weight excluding hydrogens is 246 g/mol. The van der Waals surface area contributed by atoms with Gasteiger partial charge in [0.1, 0.15) is 0 Å². The summed E-state index contributed by atoms with van der Waals surface area (Å²) in [6.45, 7) is 4.68. The van der Waals surface area contributed by atoms with Crippen LogP contribution in [0.5, 0.6) is 0 Å². The molecule has 0 saturated heterocycles. The predicted octanol–water partition coefficient (Wildman–Crippen LogP) is 3.23. The Labute approximate surface area is 120 Å². The third kappa shape index (κ3) is 3.14. The number of ketones is 1. The largest absolute Gasteiger partial charge is 0.330 e. The van der Waals surface area contributed by atoms with E-state index in [0.29, 0.717) is 13.0 Å². The summed E-state index contributed by atoms with van der Waals surface area (Å²) in [7, 11) is 0. The van der Waals surface area contributed by atoms with Crippen molar-refractivity contribution in [1.82, 2.24) is 0 Å². The van der Waals surface area contributed by atoms with E-state index in [-0.39, 0.29) is 5.78 Å². The first-order valence-electron chi connectivity index (χ1n) is 6.99. The van der Waals surface area contributed by atoms with Gasteiger partial charge in [-0.1, -0.05) is 42.5 Å². The van der Waals surface area contributed by atoms with Gasteiger partial charge in [0.15, 0.2) is 5.78 Å². The molecule has 0 amide bonds. The second-order valence-corrected chi connectivity index (χ2v) is 5.17. The van der Waals surface area contributed by atoms with Gasteiger partial charge in [0, 0.05) is 12.0 Å². The van der Waals surface area contributed by atoms with E-state index in [1.54, 1.807) is 0 Å². The minimum absolute atomic E-state index is 0.173. The number of benzene rings is 2. The molecule has 0 saturated carbocycles. The molecule has 2 aromatic carbocycles. The Hall–Kier alpha value is -1.93. The molecular formula is C18H21NO. The number of carbonyl (C=O) groups is 1. The van der Waals surface area contributed by atoms with Crippen LogP contribution < -0.4 is 5.73 Å². The zero-order valence-corrected chi connectivity index (χ0v) is 12.1. The molecule has 0 unspecified atom stereocenters. The lowest BCUT2D eigenvalue weighted by Crippen LogP contribution is -2.12. The first-order chi connectivity index (χ1) is 9.63. The van der Waals surface area contributed by atoms with Gasteiger partial charge in [0.25, 0.3) is 0 Å². The average Bonchev–Trinajstić information content (AvgIpc) is 2.44. The molecule has 0 heterocycles. The van der Waals surface area contributed by atoms with E-state index < -0.39 is 0 Å². The van der Waals surface area contributed by atoms with Crippen molar-refractivity contribution < 1.29 is 4.79 Å². The van der Waals surface area contributed by atoms with Crippen LogP contribution in [0.4, 0.5) is 0 Å². The number of hydrogen-bond donors (Lipinski definition) is 1. The zero-order chi connectivity index (χ0) is 14.5. The molecule has 2 heteroatoms. The summed E-state index contributed by atoms with van der Waals surface area (Å²) in [5.41, 5.74) is 11.0. The fourth-order valence-electron chi connectivity index (χ4n) is 2.55. The van der Waals surface area contributed by atoms with E-state index in [0.717, 1.165) is 23.1 Å². The molecule has 0 aliphatic heterocycles. The number of hydrogen-bond acceptors (Lipinski definition) is 2. The summed E-state index contributed by atoms with van der Waals surface area (Å²) in [5.74, 6) is 0.173. The van der Waals surface area contributed by atoms with E-state index in [2.05, 4.69) is 26.0 Å². The van der Waals surface area contributed by atoms with Gasteiger partial charge in [-0.2, -0.15) is 0 Å². The van der Waals surface area contributed by atoms with Crippen LogP contribution in [0.3, 0.4) is 0 Å². The first-order valence-corrected chi connectivity index (χ1v) is 6.99. The van der Waals surface area contributed by atoms with Gasteiger partial charge in [-0.05, 0) is 49.1 Å². The maximum Gasteiger partial charge on any atom is 0.167 e. The fraction of sp³-hybridized carbons (Fsp3) is 0.278. The Kier molecular flexibility index (Phi) is 4.70. The molecule has 0 bridgehead atoms. The number of carbonyl (C=O) groups excluding carboxylic acids is 1. The number of nitrogens with two attached hydrogens (primary N) is 1. The highest BCUT2D eigenvalue weighted by Gasteiger charge is 2.13. The van der Waals surface area contributed by atoms with Gasteiger partial charge in [-0.3, -0.25) is 4.79 Å². The van der Waals surface area contributed by atoms with Crippen LogP contribution in [0.25, 0.3) is 0 Å². The van der Waals surface area contributed by atoms with Crippen LogP contribution in [-0.4, -0.2) is 12.3 Å². The number of Topliss-reactive ketones (excluding diaryl/α,β-unsaturated/α-hetero) is 1. The summed E-state index contributed by atoms with van der Waals surface area (Å²) < 4.78 is 0. The van der Waals surface area contributed by atoms with Crippen molar-refractivity contribution in [3.63, 3.8) is 0 Å². The van der Waals surface area contributed by atoms with E-state index in [1.807, 2.05) is 30.3 Å². The van der Waals surface area contributed by atoms with Crippen molar-refractivity contribution in [2.75, 3.05) is 6.54 Å². The van der Waals surface area contributed by atoms with Crippen LogP contribution in [0.2, 0.25) is 0 Å². The SMILES string of the molecule is Cc1cccc(C)c1CC(=O)c1ccccc1CCN. The smallest absolute Gasteiger partial charge is 0.167 e. The van der Waals surface area contributed by atoms with Crippen LogP contribution in [0.15, 0.2) is 42.5 Å². The molecule has 20 heavy (non-hydrogen) atoms. The van der Waals surface area contributed by atoms with Crippen molar-refractivity contribution in [2.24, 2.45) is 5.73 Å². The molecule has 0 aliphatic carbocycles. The van der Waals surface area contributed by atoms with Gasteiger partial charge in [0.05, 0.1) is 0 Å². The molecule has 0 radical (unpaired) electrons. The summed E-state index contributed by atoms with van der Waals surface area (Å²) in [4.78, 5) is 12.6. The Bertz CT molecular complexity index is 596. The topological polar surface area (TPSA) is 43.1 Å². The lowest BCUT2D eigenvalue weighted by atomic mass is 9.93. The monoisotopic (exact) mass is 267 g/mol. The quantitative estimate of drug-likeness (QED) is 0.845. The molecule has 0 fully saturated rings. The molecule has 2 rings (SSSR count). The predicted molar refractivity (Wildman–Crippen MR) is 83.2 cm³/mol. The molecule has 0 aliphatic rings. The first kappa shape index (κ1) is 14.5. The minimum atomic E-state index is 0.173. The highest BCUT2D eigenvalue weighted by molar-refractivity contribution is 5.99. The third-order valence-electron chi connectivity index (χ3n) is 3.71. The second-order valence-electron chi connectivity index (χ2n) is 5.17. The fourth-order valence-corrected chi connectivity index (χ4v) is 2.55. The van der Waals surface area contributed by atoms with Crippen molar-refractivity contribution in [1.29, 1.82) is 0 Å². The van der Waals surface area contributed by atoms with E-state index in [4.69, 9.17) is 5.73 Å². The number of rotatable bonds is 5. The van der Waals surface area contributed by atoms with Crippen LogP contribution in [0, 0.1) is 13.8 Å². The van der Waals surface area contributed by atoms with Gasteiger partial charge in [-0.15, -0.1) is 0 Å². The molecule has 0 aromatic heterocycles. The van der Waals surface area contributed by atoms with Gasteiger partial charge in [0.2, 0.25) is 0 Å².